The molecule has 0 radical (unpaired) electrons. The van der Waals surface area contributed by atoms with Crippen molar-refractivity contribution in [2.45, 2.75) is 58.5 Å². The lowest BCUT2D eigenvalue weighted by Gasteiger charge is -2.24. The Balaban J connectivity index is 1.61. The zero-order valence-corrected chi connectivity index (χ0v) is 30.0. The predicted molar refractivity (Wildman–Crippen MR) is 208 cm³/mol. The Kier molecular flexibility index (Phi) is 7.45. The Hall–Kier alpha value is -5.80. The maximum Gasteiger partial charge on any atom is 0.417 e. The van der Waals surface area contributed by atoms with E-state index in [1.165, 1.54) is 12.1 Å². The van der Waals surface area contributed by atoms with Crippen molar-refractivity contribution in [2.75, 3.05) is 0 Å². The highest BCUT2D eigenvalue weighted by Gasteiger charge is 2.36. The third-order valence-electron chi connectivity index (χ3n) is 10.3. The maximum absolute atomic E-state index is 15.5. The van der Waals surface area contributed by atoms with E-state index >= 15 is 13.2 Å². The van der Waals surface area contributed by atoms with Gasteiger partial charge in [-0.25, -0.2) is 0 Å². The Morgan fingerprint density at radius 3 is 1.46 bits per heavy atom. The summed E-state index contributed by atoms with van der Waals surface area (Å²) in [5, 5.41) is 13.7. The van der Waals surface area contributed by atoms with Gasteiger partial charge in [-0.1, -0.05) is 114 Å². The van der Waals surface area contributed by atoms with E-state index in [9.17, 15) is 5.26 Å². The van der Waals surface area contributed by atoms with Crippen molar-refractivity contribution in [3.63, 3.8) is 0 Å². The molecule has 0 N–H and O–H groups in total. The lowest BCUT2D eigenvalue weighted by molar-refractivity contribution is -0.137. The summed E-state index contributed by atoms with van der Waals surface area (Å²) in [6, 6.07) is 40.3. The van der Waals surface area contributed by atoms with Gasteiger partial charge in [0.2, 0.25) is 0 Å². The van der Waals surface area contributed by atoms with Crippen LogP contribution in [0.25, 0.3) is 66.1 Å². The molecule has 0 aliphatic rings. The molecule has 0 saturated carbocycles. The van der Waals surface area contributed by atoms with E-state index in [2.05, 4.69) is 94.6 Å². The number of hydrogen-bond acceptors (Lipinski definition) is 1. The van der Waals surface area contributed by atoms with Crippen LogP contribution in [-0.4, -0.2) is 9.13 Å². The standard InChI is InChI=1S/C46H38F3N3/c1-44(2,3)30-18-20-34-32-14-7-9-16-38(32)51(40(34)23-30)42-25-36(29-13-11-12-28(22-29)27-50)37(46(47,48)49)26-43(42)52-39-17-10-8-15-33(39)35-21-19-31(24-41(35)52)45(4,5)6/h7-26H,1-6H3. The molecule has 2 heterocycles. The second kappa shape index (κ2) is 11.6. The lowest BCUT2D eigenvalue weighted by Crippen LogP contribution is -2.13. The largest absolute Gasteiger partial charge is 0.417 e. The van der Waals surface area contributed by atoms with Gasteiger partial charge in [-0.2, -0.15) is 18.4 Å². The third kappa shape index (κ3) is 5.35. The van der Waals surface area contributed by atoms with Crippen LogP contribution in [0.5, 0.6) is 0 Å². The molecule has 0 aliphatic carbocycles. The summed E-state index contributed by atoms with van der Waals surface area (Å²) < 4.78 is 50.5. The summed E-state index contributed by atoms with van der Waals surface area (Å²) >= 11 is 0. The summed E-state index contributed by atoms with van der Waals surface area (Å²) in [4.78, 5) is 0. The molecule has 52 heavy (non-hydrogen) atoms. The molecule has 8 aromatic rings. The van der Waals surface area contributed by atoms with E-state index < -0.39 is 11.7 Å². The Labute approximate surface area is 301 Å². The monoisotopic (exact) mass is 689 g/mol. The number of para-hydroxylation sites is 2. The number of alkyl halides is 3. The van der Waals surface area contributed by atoms with Gasteiger partial charge in [0.15, 0.2) is 0 Å². The molecular formula is C46H38F3N3. The number of aromatic nitrogens is 2. The SMILES string of the molecule is CC(C)(C)c1ccc2c3ccccc3n(-c3cc(-c4cccc(C#N)c4)c(C(F)(F)F)cc3-n3c4ccccc4c4ccc(C(C)(C)C)cc43)c2c1. The van der Waals surface area contributed by atoms with E-state index in [1.807, 2.05) is 47.0 Å². The number of benzene rings is 6. The van der Waals surface area contributed by atoms with Crippen molar-refractivity contribution in [1.29, 1.82) is 5.26 Å². The number of rotatable bonds is 3. The lowest BCUT2D eigenvalue weighted by atomic mass is 9.86. The first-order chi connectivity index (χ1) is 24.6. The summed E-state index contributed by atoms with van der Waals surface area (Å²) in [5.74, 6) is 0. The minimum Gasteiger partial charge on any atom is -0.307 e. The number of nitrogens with zero attached hydrogens (tertiary/aromatic N) is 3. The normalized spacial score (nSPS) is 12.7. The Morgan fingerprint density at radius 1 is 0.500 bits per heavy atom. The first kappa shape index (κ1) is 33.3. The van der Waals surface area contributed by atoms with Crippen LogP contribution in [0.4, 0.5) is 13.2 Å². The highest BCUT2D eigenvalue weighted by molar-refractivity contribution is 6.12. The molecule has 2 aromatic heterocycles. The van der Waals surface area contributed by atoms with E-state index in [-0.39, 0.29) is 16.4 Å². The van der Waals surface area contributed by atoms with Crippen LogP contribution in [0, 0.1) is 11.3 Å². The topological polar surface area (TPSA) is 33.6 Å². The molecule has 0 unspecified atom stereocenters. The quantitative estimate of drug-likeness (QED) is 0.182. The molecule has 6 aromatic carbocycles. The Morgan fingerprint density at radius 2 is 0.981 bits per heavy atom. The van der Waals surface area contributed by atoms with Gasteiger partial charge >= 0.3 is 6.18 Å². The molecule has 6 heteroatoms. The number of fused-ring (bicyclic) bond motifs is 6. The molecule has 0 spiro atoms. The molecule has 3 nitrogen and oxygen atoms in total. The van der Waals surface area contributed by atoms with Gasteiger partial charge < -0.3 is 9.13 Å². The zero-order chi connectivity index (χ0) is 36.7. The number of halogens is 3. The van der Waals surface area contributed by atoms with Crippen LogP contribution >= 0.6 is 0 Å². The molecule has 0 amide bonds. The van der Waals surface area contributed by atoms with E-state index in [0.717, 1.165) is 54.7 Å². The zero-order valence-electron chi connectivity index (χ0n) is 30.0. The van der Waals surface area contributed by atoms with Crippen LogP contribution in [0.1, 0.15) is 63.8 Å². The van der Waals surface area contributed by atoms with Crippen molar-refractivity contribution in [3.8, 4) is 28.6 Å². The highest BCUT2D eigenvalue weighted by atomic mass is 19.4. The highest BCUT2D eigenvalue weighted by Crippen LogP contribution is 2.45. The van der Waals surface area contributed by atoms with Crippen LogP contribution in [-0.2, 0) is 17.0 Å². The first-order valence-electron chi connectivity index (χ1n) is 17.5. The molecule has 258 valence electrons. The molecular weight excluding hydrogens is 652 g/mol. The van der Waals surface area contributed by atoms with Gasteiger partial charge in [-0.05, 0) is 81.6 Å². The summed E-state index contributed by atoms with van der Waals surface area (Å²) in [6.07, 6.45) is -4.69. The van der Waals surface area contributed by atoms with Gasteiger partial charge in [0.05, 0.1) is 50.6 Å². The molecule has 0 bridgehead atoms. The number of nitriles is 1. The average molecular weight is 690 g/mol. The van der Waals surface area contributed by atoms with Gasteiger partial charge in [0.1, 0.15) is 0 Å². The van der Waals surface area contributed by atoms with Gasteiger partial charge in [0, 0.05) is 21.5 Å². The fraction of sp³-hybridized carbons (Fsp3) is 0.196. The second-order valence-electron chi connectivity index (χ2n) is 15.7. The van der Waals surface area contributed by atoms with Crippen LogP contribution in [0.3, 0.4) is 0 Å². The van der Waals surface area contributed by atoms with Crippen molar-refractivity contribution < 1.29 is 13.2 Å². The summed E-state index contributed by atoms with van der Waals surface area (Å²) in [5.41, 5.74) is 6.15. The van der Waals surface area contributed by atoms with Crippen molar-refractivity contribution >= 4 is 43.6 Å². The van der Waals surface area contributed by atoms with Crippen LogP contribution in [0.2, 0.25) is 0 Å². The number of hydrogen-bond donors (Lipinski definition) is 0. The fourth-order valence-corrected chi connectivity index (χ4v) is 7.56. The van der Waals surface area contributed by atoms with E-state index in [0.29, 0.717) is 22.5 Å². The van der Waals surface area contributed by atoms with Crippen molar-refractivity contribution in [3.05, 3.63) is 144 Å². The van der Waals surface area contributed by atoms with Crippen LogP contribution < -0.4 is 0 Å². The molecule has 0 fully saturated rings. The summed E-state index contributed by atoms with van der Waals surface area (Å²) in [6.45, 7) is 12.9. The third-order valence-corrected chi connectivity index (χ3v) is 10.3. The molecule has 8 rings (SSSR count). The van der Waals surface area contributed by atoms with Crippen molar-refractivity contribution in [2.24, 2.45) is 0 Å². The van der Waals surface area contributed by atoms with Crippen LogP contribution in [0.15, 0.2) is 121 Å². The van der Waals surface area contributed by atoms with Gasteiger partial charge in [-0.15, -0.1) is 0 Å². The molecule has 0 atom stereocenters. The van der Waals surface area contributed by atoms with E-state index in [1.54, 1.807) is 24.3 Å². The van der Waals surface area contributed by atoms with Crippen molar-refractivity contribution in [1.82, 2.24) is 9.13 Å². The Bertz CT molecular complexity index is 2760. The van der Waals surface area contributed by atoms with E-state index in [4.69, 9.17) is 0 Å². The smallest absolute Gasteiger partial charge is 0.307 e. The maximum atomic E-state index is 15.5. The molecule has 0 saturated heterocycles. The minimum absolute atomic E-state index is 0.0115. The average Bonchev–Trinajstić information content (AvgIpc) is 3.62. The van der Waals surface area contributed by atoms with Gasteiger partial charge in [0.25, 0.3) is 0 Å². The minimum atomic E-state index is -4.69. The van der Waals surface area contributed by atoms with Gasteiger partial charge in [-0.3, -0.25) is 0 Å². The molecule has 0 aliphatic heterocycles. The second-order valence-corrected chi connectivity index (χ2v) is 15.7. The predicted octanol–water partition coefficient (Wildman–Crippen LogP) is 13.0. The fourth-order valence-electron chi connectivity index (χ4n) is 7.56. The summed E-state index contributed by atoms with van der Waals surface area (Å²) in [7, 11) is 0. The first-order valence-corrected chi connectivity index (χ1v) is 17.5.